The van der Waals surface area contributed by atoms with E-state index in [0.717, 1.165) is 109 Å². The van der Waals surface area contributed by atoms with Gasteiger partial charge in [-0.3, -0.25) is 9.36 Å². The first-order valence-corrected chi connectivity index (χ1v) is 30.7. The van der Waals surface area contributed by atoms with E-state index in [0.29, 0.717) is 17.4 Å². The van der Waals surface area contributed by atoms with Gasteiger partial charge in [0.1, 0.15) is 13.2 Å². The summed E-state index contributed by atoms with van der Waals surface area (Å²) in [6, 6.07) is -0.927. The quantitative estimate of drug-likeness (QED) is 0.0272. The molecule has 3 unspecified atom stereocenters. The van der Waals surface area contributed by atoms with Gasteiger partial charge in [-0.05, 0) is 96.3 Å². The molecule has 0 aliphatic rings. The van der Waals surface area contributed by atoms with Crippen LogP contribution in [0.5, 0.6) is 0 Å². The summed E-state index contributed by atoms with van der Waals surface area (Å²) in [5, 5.41) is 13.9. The topological polar surface area (TPSA) is 108 Å². The highest BCUT2D eigenvalue weighted by atomic mass is 31.2. The van der Waals surface area contributed by atoms with Gasteiger partial charge in [-0.25, -0.2) is 0 Å². The number of nitrogens with zero attached hydrogens (tertiary/aromatic N) is 1. The third-order valence-corrected chi connectivity index (χ3v) is 13.4. The van der Waals surface area contributed by atoms with Gasteiger partial charge >= 0.3 is 0 Å². The number of carbonyl (C=O) groups excluding carboxylic acids is 1. The molecule has 0 aliphatic heterocycles. The van der Waals surface area contributed by atoms with Crippen LogP contribution in [0.4, 0.5) is 0 Å². The van der Waals surface area contributed by atoms with E-state index >= 15 is 0 Å². The number of aliphatic hydroxyl groups is 1. The van der Waals surface area contributed by atoms with E-state index < -0.39 is 26.6 Å². The molecule has 0 aromatic carbocycles. The second kappa shape index (κ2) is 53.0. The average Bonchev–Trinajstić information content (AvgIpc) is 3.34. The van der Waals surface area contributed by atoms with Crippen LogP contribution in [0.3, 0.4) is 0 Å². The number of quaternary nitrogens is 1. The summed E-state index contributed by atoms with van der Waals surface area (Å²) in [6.07, 6.45) is 77.4. The van der Waals surface area contributed by atoms with Crippen LogP contribution in [0.15, 0.2) is 109 Å². The third kappa shape index (κ3) is 54.9. The number of nitrogens with one attached hydrogen (secondary N) is 1. The minimum atomic E-state index is -4.62. The van der Waals surface area contributed by atoms with E-state index in [4.69, 9.17) is 9.05 Å². The first-order chi connectivity index (χ1) is 35.0. The number of likely N-dealkylation sites (N-methyl/N-ethyl adjacent to an activating group) is 1. The molecule has 0 aromatic rings. The van der Waals surface area contributed by atoms with E-state index in [9.17, 15) is 19.4 Å². The fourth-order valence-electron chi connectivity index (χ4n) is 7.89. The van der Waals surface area contributed by atoms with Gasteiger partial charge in [-0.1, -0.05) is 239 Å². The van der Waals surface area contributed by atoms with Gasteiger partial charge in [-0.15, -0.1) is 0 Å². The molecule has 0 spiro atoms. The number of aliphatic hydroxyl groups excluding tert-OH is 1. The molecule has 0 heterocycles. The molecule has 72 heavy (non-hydrogen) atoms. The summed E-state index contributed by atoms with van der Waals surface area (Å²) in [5.41, 5.74) is 0. The maximum atomic E-state index is 13.0. The standard InChI is InChI=1S/C63H111N2O6P/c1-6-8-10-12-14-16-18-20-22-24-26-28-30-32-34-36-38-40-42-44-46-48-50-52-54-56-62(66)61(60-71-72(68,69)70-59-58-65(3,4)5)64-63(67)57-55-53-51-49-47-45-43-41-39-37-35-33-31-29-27-25-23-21-19-17-15-13-11-9-7-2/h9,11,15,17,21,23,27,29,33,35,38-41,46,48,54,56,61-62,66H,6-8,10,12-14,16,18-20,22,24-26,28,30-32,34,36-37,42-45,47,49-53,55,57-60H2,1-5H3,(H-,64,67,68,69)/b11-9-,17-15-,23-21-,29-27-,35-33-,40-38+,41-39-,48-46+,56-54+. The molecule has 414 valence electrons. The molecule has 0 aromatic heterocycles. The van der Waals surface area contributed by atoms with Crippen LogP contribution in [0.25, 0.3) is 0 Å². The van der Waals surface area contributed by atoms with Gasteiger partial charge in [0.15, 0.2) is 0 Å². The smallest absolute Gasteiger partial charge is 0.268 e. The molecule has 2 N–H and O–H groups in total. The van der Waals surface area contributed by atoms with E-state index in [2.05, 4.69) is 116 Å². The van der Waals surface area contributed by atoms with Gasteiger partial charge in [0.2, 0.25) is 5.91 Å². The Hall–Kier alpha value is -2.84. The lowest BCUT2D eigenvalue weighted by atomic mass is 10.0. The van der Waals surface area contributed by atoms with E-state index in [-0.39, 0.29) is 12.5 Å². The van der Waals surface area contributed by atoms with Crippen LogP contribution in [0.2, 0.25) is 0 Å². The lowest BCUT2D eigenvalue weighted by molar-refractivity contribution is -0.870. The van der Waals surface area contributed by atoms with Crippen molar-refractivity contribution < 1.29 is 32.9 Å². The predicted molar refractivity (Wildman–Crippen MR) is 311 cm³/mol. The van der Waals surface area contributed by atoms with Crippen LogP contribution in [-0.4, -0.2) is 68.5 Å². The van der Waals surface area contributed by atoms with Crippen molar-refractivity contribution >= 4 is 13.7 Å². The van der Waals surface area contributed by atoms with E-state index in [1.165, 1.54) is 103 Å². The Balaban J connectivity index is 4.36. The molecule has 3 atom stereocenters. The van der Waals surface area contributed by atoms with Crippen molar-refractivity contribution in [3.63, 3.8) is 0 Å². The van der Waals surface area contributed by atoms with Crippen molar-refractivity contribution in [2.45, 2.75) is 244 Å². The highest BCUT2D eigenvalue weighted by Crippen LogP contribution is 2.38. The van der Waals surface area contributed by atoms with Crippen molar-refractivity contribution in [3.05, 3.63) is 109 Å². The Morgan fingerprint density at radius 2 is 0.861 bits per heavy atom. The van der Waals surface area contributed by atoms with Crippen LogP contribution >= 0.6 is 7.82 Å². The monoisotopic (exact) mass is 1020 g/mol. The number of rotatable bonds is 52. The zero-order chi connectivity index (χ0) is 52.7. The molecule has 0 aliphatic carbocycles. The Morgan fingerprint density at radius 1 is 0.500 bits per heavy atom. The summed E-state index contributed by atoms with van der Waals surface area (Å²) < 4.78 is 23.3. The van der Waals surface area contributed by atoms with Gasteiger partial charge in [0.05, 0.1) is 39.9 Å². The molecule has 8 nitrogen and oxygen atoms in total. The number of amides is 1. The van der Waals surface area contributed by atoms with Gasteiger partial charge < -0.3 is 28.8 Å². The van der Waals surface area contributed by atoms with Crippen molar-refractivity contribution in [1.29, 1.82) is 0 Å². The van der Waals surface area contributed by atoms with E-state index in [1.807, 2.05) is 27.2 Å². The lowest BCUT2D eigenvalue weighted by Gasteiger charge is -2.29. The summed E-state index contributed by atoms with van der Waals surface area (Å²) in [7, 11) is 1.21. The van der Waals surface area contributed by atoms with Crippen LogP contribution < -0.4 is 10.2 Å². The van der Waals surface area contributed by atoms with Crippen LogP contribution in [0.1, 0.15) is 232 Å². The normalized spacial score (nSPS) is 14.7. The Kier molecular flexibility index (Phi) is 50.9. The minimum absolute atomic E-state index is 0.0182. The van der Waals surface area contributed by atoms with Crippen molar-refractivity contribution in [3.8, 4) is 0 Å². The summed E-state index contributed by atoms with van der Waals surface area (Å²) in [5.74, 6) is -0.229. The molecule has 1 amide bonds. The second-order valence-electron chi connectivity index (χ2n) is 20.6. The van der Waals surface area contributed by atoms with Gasteiger partial charge in [-0.2, -0.15) is 0 Å². The third-order valence-electron chi connectivity index (χ3n) is 12.4. The van der Waals surface area contributed by atoms with E-state index in [1.54, 1.807) is 6.08 Å². The molecule has 0 bridgehead atoms. The fourth-order valence-corrected chi connectivity index (χ4v) is 8.62. The molecule has 9 heteroatoms. The molecule has 0 rings (SSSR count). The zero-order valence-corrected chi connectivity index (χ0v) is 48.0. The molecular formula is C63H111N2O6P. The van der Waals surface area contributed by atoms with Crippen LogP contribution in [-0.2, 0) is 18.4 Å². The van der Waals surface area contributed by atoms with Crippen LogP contribution in [0, 0.1) is 0 Å². The zero-order valence-electron chi connectivity index (χ0n) is 47.1. The number of allylic oxidation sites excluding steroid dienone is 17. The average molecular weight is 1020 g/mol. The molecule has 0 saturated heterocycles. The fraction of sp³-hybridized carbons (Fsp3) is 0.698. The number of hydrogen-bond donors (Lipinski definition) is 2. The van der Waals surface area contributed by atoms with Crippen molar-refractivity contribution in [2.24, 2.45) is 0 Å². The summed E-state index contributed by atoms with van der Waals surface area (Å²) in [4.78, 5) is 25.5. The number of unbranched alkanes of at least 4 members (excludes halogenated alkanes) is 23. The highest BCUT2D eigenvalue weighted by Gasteiger charge is 2.23. The number of phosphoric ester groups is 1. The molecular weight excluding hydrogens is 912 g/mol. The van der Waals surface area contributed by atoms with Gasteiger partial charge in [0.25, 0.3) is 7.82 Å². The Bertz CT molecular complexity index is 1540. The maximum Gasteiger partial charge on any atom is 0.268 e. The minimum Gasteiger partial charge on any atom is -0.756 e. The molecule has 0 fully saturated rings. The number of carbonyl (C=O) groups is 1. The largest absolute Gasteiger partial charge is 0.756 e. The van der Waals surface area contributed by atoms with Crippen molar-refractivity contribution in [1.82, 2.24) is 5.32 Å². The SMILES string of the molecule is CC/C=C\C/C=C\C/C=C\C/C=C\C/C=C\C/C=C\CCCCCCCCC(=O)NC(COP(=O)([O-])OCC[N+](C)(C)C)C(O)/C=C/CC/C=C/CC/C=C/CCCCCCCCCCCCCCCCC. The highest BCUT2D eigenvalue weighted by molar-refractivity contribution is 7.45. The summed E-state index contributed by atoms with van der Waals surface area (Å²) >= 11 is 0. The first kappa shape index (κ1) is 69.2. The predicted octanol–water partition coefficient (Wildman–Crippen LogP) is 17.3. The lowest BCUT2D eigenvalue weighted by Crippen LogP contribution is -2.45. The van der Waals surface area contributed by atoms with Crippen molar-refractivity contribution in [2.75, 3.05) is 40.9 Å². The van der Waals surface area contributed by atoms with Gasteiger partial charge in [0, 0.05) is 6.42 Å². The Labute approximate surface area is 444 Å². The maximum absolute atomic E-state index is 13.0. The second-order valence-corrected chi connectivity index (χ2v) is 22.0. The molecule has 0 radical (unpaired) electrons. The first-order valence-electron chi connectivity index (χ1n) is 29.2. The molecule has 0 saturated carbocycles. The Morgan fingerprint density at radius 3 is 1.29 bits per heavy atom. The number of phosphoric acid groups is 1. The number of hydrogen-bond acceptors (Lipinski definition) is 6. The summed E-state index contributed by atoms with van der Waals surface area (Å²) in [6.45, 7) is 4.49.